The fourth-order valence-corrected chi connectivity index (χ4v) is 3.68. The molecule has 0 fully saturated rings. The summed E-state index contributed by atoms with van der Waals surface area (Å²) >= 11 is 0.440. The average molecular weight is 292 g/mol. The van der Waals surface area contributed by atoms with Crippen LogP contribution >= 0.6 is 11.3 Å². The van der Waals surface area contributed by atoms with E-state index < -0.39 is 36.3 Å². The molecular formula is C10H12O6S2. The molecule has 0 atom stereocenters. The fraction of sp³-hybridized carbons (Fsp3) is 0.400. The molecule has 0 aliphatic heterocycles. The minimum absolute atomic E-state index is 0.310. The standard InChI is InChI=1S/C10H12O6S2/c1-10(2,3)18(15,16)6-4-5(8(11)12)17-7(6)9(13)14/h4H,1-3H3,(H,11,12)(H,13,14). The molecule has 2 N–H and O–H groups in total. The van der Waals surface area contributed by atoms with Gasteiger partial charge in [-0.15, -0.1) is 11.3 Å². The molecule has 1 aromatic heterocycles. The molecule has 0 aliphatic carbocycles. The Bertz CT molecular complexity index is 603. The molecule has 0 saturated heterocycles. The van der Waals surface area contributed by atoms with Crippen LogP contribution in [0.15, 0.2) is 11.0 Å². The maximum atomic E-state index is 12.2. The highest BCUT2D eigenvalue weighted by molar-refractivity contribution is 7.93. The SMILES string of the molecule is CC(C)(C)S(=O)(=O)c1cc(C(=O)O)sc1C(=O)O. The highest BCUT2D eigenvalue weighted by Gasteiger charge is 2.36. The molecular weight excluding hydrogens is 280 g/mol. The van der Waals surface area contributed by atoms with Crippen LogP contribution in [0.4, 0.5) is 0 Å². The molecule has 1 rings (SSSR count). The summed E-state index contributed by atoms with van der Waals surface area (Å²) in [5.41, 5.74) is 0. The number of sulfone groups is 1. The number of hydrogen-bond acceptors (Lipinski definition) is 5. The van der Waals surface area contributed by atoms with E-state index in [1.165, 1.54) is 20.8 Å². The van der Waals surface area contributed by atoms with Gasteiger partial charge in [0.2, 0.25) is 0 Å². The fourth-order valence-electron chi connectivity index (χ4n) is 1.16. The van der Waals surface area contributed by atoms with Crippen molar-refractivity contribution in [1.82, 2.24) is 0 Å². The Morgan fingerprint density at radius 1 is 1.17 bits per heavy atom. The Balaban J connectivity index is 3.60. The first-order chi connectivity index (χ1) is 7.98. The lowest BCUT2D eigenvalue weighted by Gasteiger charge is -2.18. The highest BCUT2D eigenvalue weighted by atomic mass is 32.2. The van der Waals surface area contributed by atoms with E-state index in [1.54, 1.807) is 0 Å². The first-order valence-corrected chi connectivity index (χ1v) is 7.13. The lowest BCUT2D eigenvalue weighted by Crippen LogP contribution is -2.28. The smallest absolute Gasteiger partial charge is 0.347 e. The van der Waals surface area contributed by atoms with E-state index in [9.17, 15) is 18.0 Å². The number of carboxylic acid groups (broad SMARTS) is 2. The summed E-state index contributed by atoms with van der Waals surface area (Å²) < 4.78 is 23.1. The molecule has 18 heavy (non-hydrogen) atoms. The van der Waals surface area contributed by atoms with E-state index in [2.05, 4.69) is 0 Å². The first kappa shape index (κ1) is 14.7. The van der Waals surface area contributed by atoms with Gasteiger partial charge in [0.05, 0.1) is 9.64 Å². The third kappa shape index (κ3) is 2.39. The van der Waals surface area contributed by atoms with Crippen molar-refractivity contribution in [2.24, 2.45) is 0 Å². The van der Waals surface area contributed by atoms with Crippen LogP contribution in [0.5, 0.6) is 0 Å². The Hall–Kier alpha value is -1.41. The van der Waals surface area contributed by atoms with Gasteiger partial charge in [0.1, 0.15) is 9.75 Å². The third-order valence-corrected chi connectivity index (χ3v) is 5.95. The molecule has 0 spiro atoms. The summed E-state index contributed by atoms with van der Waals surface area (Å²) in [6.45, 7) is 4.27. The second-order valence-corrected chi connectivity index (χ2v) is 8.25. The summed E-state index contributed by atoms with van der Waals surface area (Å²) in [7, 11) is -3.90. The van der Waals surface area contributed by atoms with Gasteiger partial charge < -0.3 is 10.2 Å². The summed E-state index contributed by atoms with van der Waals surface area (Å²) in [6.07, 6.45) is 0. The highest BCUT2D eigenvalue weighted by Crippen LogP contribution is 2.33. The van der Waals surface area contributed by atoms with Crippen molar-refractivity contribution >= 4 is 33.1 Å². The lowest BCUT2D eigenvalue weighted by atomic mass is 10.3. The number of hydrogen-bond donors (Lipinski definition) is 2. The zero-order chi connectivity index (χ0) is 14.3. The van der Waals surface area contributed by atoms with Crippen molar-refractivity contribution in [2.45, 2.75) is 30.4 Å². The Kier molecular flexibility index (Phi) is 3.55. The Morgan fingerprint density at radius 2 is 1.67 bits per heavy atom. The van der Waals surface area contributed by atoms with E-state index in [-0.39, 0.29) is 4.88 Å². The van der Waals surface area contributed by atoms with Crippen LogP contribution in [0.25, 0.3) is 0 Å². The van der Waals surface area contributed by atoms with Crippen LogP contribution in [0, 0.1) is 0 Å². The van der Waals surface area contributed by atoms with Crippen molar-refractivity contribution in [2.75, 3.05) is 0 Å². The van der Waals surface area contributed by atoms with Crippen molar-refractivity contribution < 1.29 is 28.2 Å². The molecule has 8 heteroatoms. The molecule has 0 amide bonds. The quantitative estimate of drug-likeness (QED) is 0.878. The normalized spacial score (nSPS) is 12.4. The van der Waals surface area contributed by atoms with Crippen LogP contribution in [0.1, 0.15) is 40.1 Å². The van der Waals surface area contributed by atoms with Crippen LogP contribution in [-0.2, 0) is 9.84 Å². The van der Waals surface area contributed by atoms with Gasteiger partial charge in [-0.05, 0) is 26.8 Å². The average Bonchev–Trinajstić information content (AvgIpc) is 2.60. The van der Waals surface area contributed by atoms with Crippen LogP contribution in [0.3, 0.4) is 0 Å². The minimum atomic E-state index is -3.90. The maximum Gasteiger partial charge on any atom is 0.347 e. The van der Waals surface area contributed by atoms with Gasteiger partial charge in [0.15, 0.2) is 9.84 Å². The van der Waals surface area contributed by atoms with Crippen LogP contribution < -0.4 is 0 Å². The van der Waals surface area contributed by atoms with Gasteiger partial charge in [-0.2, -0.15) is 0 Å². The van der Waals surface area contributed by atoms with Gasteiger partial charge in [-0.1, -0.05) is 0 Å². The molecule has 0 unspecified atom stereocenters. The zero-order valence-corrected chi connectivity index (χ0v) is 11.6. The summed E-state index contributed by atoms with van der Waals surface area (Å²) in [5, 5.41) is 17.7. The predicted octanol–water partition coefficient (Wildman–Crippen LogP) is 1.72. The van der Waals surface area contributed by atoms with Crippen molar-refractivity contribution in [3.63, 3.8) is 0 Å². The van der Waals surface area contributed by atoms with Gasteiger partial charge in [0.25, 0.3) is 0 Å². The van der Waals surface area contributed by atoms with E-state index >= 15 is 0 Å². The van der Waals surface area contributed by atoms with Gasteiger partial charge in [-0.3, -0.25) is 0 Å². The Morgan fingerprint density at radius 3 is 2.00 bits per heavy atom. The number of thiophene rings is 1. The molecule has 1 heterocycles. The zero-order valence-electron chi connectivity index (χ0n) is 9.92. The summed E-state index contributed by atoms with van der Waals surface area (Å²) in [5.74, 6) is -2.80. The topological polar surface area (TPSA) is 109 Å². The lowest BCUT2D eigenvalue weighted by molar-refractivity contribution is 0.0690. The summed E-state index contributed by atoms with van der Waals surface area (Å²) in [4.78, 5) is 20.6. The van der Waals surface area contributed by atoms with Crippen LogP contribution in [-0.4, -0.2) is 35.3 Å². The predicted molar refractivity (Wildman–Crippen MR) is 65.2 cm³/mol. The maximum absolute atomic E-state index is 12.2. The van der Waals surface area contributed by atoms with Crippen LogP contribution in [0.2, 0.25) is 0 Å². The number of carboxylic acids is 2. The molecule has 0 saturated carbocycles. The number of aromatic carboxylic acids is 2. The molecule has 1 aromatic rings. The van der Waals surface area contributed by atoms with Gasteiger partial charge >= 0.3 is 11.9 Å². The van der Waals surface area contributed by atoms with Gasteiger partial charge in [0, 0.05) is 0 Å². The minimum Gasteiger partial charge on any atom is -0.477 e. The van der Waals surface area contributed by atoms with Crippen molar-refractivity contribution in [3.8, 4) is 0 Å². The number of carbonyl (C=O) groups is 2. The summed E-state index contributed by atoms with van der Waals surface area (Å²) in [6, 6.07) is 0.900. The molecule has 100 valence electrons. The second kappa shape index (κ2) is 4.36. The van der Waals surface area contributed by atoms with E-state index in [1.807, 2.05) is 0 Å². The largest absolute Gasteiger partial charge is 0.477 e. The number of rotatable bonds is 3. The Labute approximate surface area is 108 Å². The molecule has 0 aromatic carbocycles. The molecule has 6 nitrogen and oxygen atoms in total. The van der Waals surface area contributed by atoms with E-state index in [0.29, 0.717) is 11.3 Å². The molecule has 0 radical (unpaired) electrons. The van der Waals surface area contributed by atoms with Crippen molar-refractivity contribution in [1.29, 1.82) is 0 Å². The van der Waals surface area contributed by atoms with E-state index in [4.69, 9.17) is 10.2 Å². The second-order valence-electron chi connectivity index (χ2n) is 4.53. The monoisotopic (exact) mass is 292 g/mol. The molecule has 0 bridgehead atoms. The van der Waals surface area contributed by atoms with Crippen molar-refractivity contribution in [3.05, 3.63) is 15.8 Å². The third-order valence-electron chi connectivity index (χ3n) is 2.20. The van der Waals surface area contributed by atoms with Gasteiger partial charge in [-0.25, -0.2) is 18.0 Å². The first-order valence-electron chi connectivity index (χ1n) is 4.83. The van der Waals surface area contributed by atoms with E-state index in [0.717, 1.165) is 6.07 Å². The molecule has 0 aliphatic rings.